The van der Waals surface area contributed by atoms with E-state index in [0.29, 0.717) is 4.60 Å². The monoisotopic (exact) mass is 204 g/mol. The van der Waals surface area contributed by atoms with Crippen LogP contribution < -0.4 is 0 Å². The smallest absolute Gasteiger partial charge is 0.168 e. The van der Waals surface area contributed by atoms with Crippen LogP contribution in [0.2, 0.25) is 0 Å². The number of aromatic nitrogens is 2. The molecule has 1 N–H and O–H groups in total. The first kappa shape index (κ1) is 7.60. The fraction of sp³-hybridized carbons (Fsp3) is 0.500. The van der Waals surface area contributed by atoms with Crippen molar-refractivity contribution < 1.29 is 5.11 Å². The highest BCUT2D eigenvalue weighted by Gasteiger charge is 2.07. The van der Waals surface area contributed by atoms with E-state index in [0.717, 1.165) is 0 Å². The highest BCUT2D eigenvalue weighted by Crippen LogP contribution is 2.24. The van der Waals surface area contributed by atoms with Crippen molar-refractivity contribution >= 4 is 15.9 Å². The van der Waals surface area contributed by atoms with Gasteiger partial charge in [-0.3, -0.25) is 4.68 Å². The second kappa shape index (κ2) is 2.62. The molecule has 4 heteroatoms. The van der Waals surface area contributed by atoms with Crippen molar-refractivity contribution in [1.29, 1.82) is 0 Å². The molecule has 0 spiro atoms. The maximum absolute atomic E-state index is 9.06. The van der Waals surface area contributed by atoms with E-state index >= 15 is 0 Å². The largest absolute Gasteiger partial charge is 0.504 e. The van der Waals surface area contributed by atoms with Crippen LogP contribution in [0.25, 0.3) is 0 Å². The second-order valence-corrected chi connectivity index (χ2v) is 3.11. The molecule has 0 fully saturated rings. The molecule has 0 saturated carbocycles. The Labute approximate surface area is 67.8 Å². The van der Waals surface area contributed by atoms with Gasteiger partial charge in [0.05, 0.1) is 6.20 Å². The molecule has 1 aromatic heterocycles. The van der Waals surface area contributed by atoms with Gasteiger partial charge in [0.15, 0.2) is 5.75 Å². The Hall–Kier alpha value is -0.510. The number of nitrogens with zero attached hydrogens (tertiary/aromatic N) is 2. The van der Waals surface area contributed by atoms with E-state index in [-0.39, 0.29) is 11.8 Å². The molecule has 3 nitrogen and oxygen atoms in total. The molecule has 0 aliphatic rings. The number of hydrogen-bond acceptors (Lipinski definition) is 2. The van der Waals surface area contributed by atoms with Gasteiger partial charge >= 0.3 is 0 Å². The predicted octanol–water partition coefficient (Wildman–Crippen LogP) is 1.93. The topological polar surface area (TPSA) is 38.0 Å². The Morgan fingerprint density at radius 1 is 1.70 bits per heavy atom. The third-order valence-corrected chi connectivity index (χ3v) is 1.98. The molecule has 0 radical (unpaired) electrons. The van der Waals surface area contributed by atoms with Gasteiger partial charge in [-0.25, -0.2) is 0 Å². The maximum Gasteiger partial charge on any atom is 0.168 e. The van der Waals surface area contributed by atoms with Crippen LogP contribution in [0.4, 0.5) is 0 Å². The van der Waals surface area contributed by atoms with Gasteiger partial charge in [0.2, 0.25) is 0 Å². The van der Waals surface area contributed by atoms with Gasteiger partial charge < -0.3 is 5.11 Å². The first-order valence-corrected chi connectivity index (χ1v) is 3.84. The van der Waals surface area contributed by atoms with Crippen LogP contribution in [0.1, 0.15) is 19.9 Å². The number of rotatable bonds is 1. The van der Waals surface area contributed by atoms with Gasteiger partial charge in [-0.05, 0) is 29.8 Å². The first-order valence-electron chi connectivity index (χ1n) is 3.05. The molecule has 0 saturated heterocycles. The van der Waals surface area contributed by atoms with E-state index in [2.05, 4.69) is 21.0 Å². The average Bonchev–Trinajstić information content (AvgIpc) is 2.14. The van der Waals surface area contributed by atoms with Gasteiger partial charge in [-0.15, -0.1) is 0 Å². The predicted molar refractivity (Wildman–Crippen MR) is 42.0 cm³/mol. The molecule has 10 heavy (non-hydrogen) atoms. The van der Waals surface area contributed by atoms with Gasteiger partial charge in [0.25, 0.3) is 0 Å². The van der Waals surface area contributed by atoms with Crippen molar-refractivity contribution in [3.8, 4) is 5.75 Å². The molecule has 0 aliphatic heterocycles. The van der Waals surface area contributed by atoms with E-state index in [1.54, 1.807) is 4.68 Å². The van der Waals surface area contributed by atoms with Crippen molar-refractivity contribution in [3.05, 3.63) is 10.8 Å². The third-order valence-electron chi connectivity index (χ3n) is 1.21. The van der Waals surface area contributed by atoms with Crippen molar-refractivity contribution in [3.63, 3.8) is 0 Å². The van der Waals surface area contributed by atoms with E-state index in [9.17, 15) is 0 Å². The highest BCUT2D eigenvalue weighted by atomic mass is 79.9. The fourth-order valence-corrected chi connectivity index (χ4v) is 1.30. The first-order chi connectivity index (χ1) is 4.63. The standard InChI is InChI=1S/C6H9BrN2O/c1-4(2)9-6(7)5(10)3-8-9/h3-4,10H,1-2H3. The molecule has 1 heterocycles. The normalized spacial score (nSPS) is 10.8. The van der Waals surface area contributed by atoms with Crippen LogP contribution in [0.15, 0.2) is 10.8 Å². The Morgan fingerprint density at radius 2 is 2.30 bits per heavy atom. The Morgan fingerprint density at radius 3 is 2.50 bits per heavy atom. The van der Waals surface area contributed by atoms with Crippen molar-refractivity contribution in [2.45, 2.75) is 19.9 Å². The van der Waals surface area contributed by atoms with Crippen LogP contribution in [0.3, 0.4) is 0 Å². The summed E-state index contributed by atoms with van der Waals surface area (Å²) < 4.78 is 2.34. The second-order valence-electron chi connectivity index (χ2n) is 2.36. The zero-order valence-electron chi connectivity index (χ0n) is 5.87. The lowest BCUT2D eigenvalue weighted by molar-refractivity contribution is 0.462. The quantitative estimate of drug-likeness (QED) is 0.760. The summed E-state index contributed by atoms with van der Waals surface area (Å²) in [6, 6.07) is 0.273. The van der Waals surface area contributed by atoms with Crippen molar-refractivity contribution in [2.24, 2.45) is 0 Å². The fourth-order valence-electron chi connectivity index (χ4n) is 0.698. The number of halogens is 1. The minimum atomic E-state index is 0.189. The number of hydrogen-bond donors (Lipinski definition) is 1. The Balaban J connectivity index is 3.05. The summed E-state index contributed by atoms with van der Waals surface area (Å²) in [6.07, 6.45) is 1.42. The Bertz CT molecular complexity index is 232. The van der Waals surface area contributed by atoms with Crippen LogP contribution in [-0.2, 0) is 0 Å². The molecule has 0 atom stereocenters. The SMILES string of the molecule is CC(C)n1ncc(O)c1Br. The maximum atomic E-state index is 9.06. The summed E-state index contributed by atoms with van der Waals surface area (Å²) in [4.78, 5) is 0. The lowest BCUT2D eigenvalue weighted by Gasteiger charge is -2.05. The minimum Gasteiger partial charge on any atom is -0.504 e. The minimum absolute atomic E-state index is 0.189. The Kier molecular flexibility index (Phi) is 1.99. The van der Waals surface area contributed by atoms with Crippen LogP contribution in [0, 0.1) is 0 Å². The van der Waals surface area contributed by atoms with Crippen LogP contribution in [-0.4, -0.2) is 14.9 Å². The van der Waals surface area contributed by atoms with Crippen LogP contribution in [0.5, 0.6) is 5.75 Å². The summed E-state index contributed by atoms with van der Waals surface area (Å²) in [5.74, 6) is 0.189. The highest BCUT2D eigenvalue weighted by molar-refractivity contribution is 9.10. The molecule has 0 unspecified atom stereocenters. The molecule has 0 aliphatic carbocycles. The zero-order valence-corrected chi connectivity index (χ0v) is 7.46. The van der Waals surface area contributed by atoms with Gasteiger partial charge in [0, 0.05) is 6.04 Å². The van der Waals surface area contributed by atoms with Crippen LogP contribution >= 0.6 is 15.9 Å². The van der Waals surface area contributed by atoms with E-state index in [1.165, 1.54) is 6.20 Å². The summed E-state index contributed by atoms with van der Waals surface area (Å²) in [5, 5.41) is 13.0. The average molecular weight is 205 g/mol. The zero-order chi connectivity index (χ0) is 7.72. The van der Waals surface area contributed by atoms with Gasteiger partial charge in [-0.1, -0.05) is 0 Å². The molecule has 56 valence electrons. The lowest BCUT2D eigenvalue weighted by Crippen LogP contribution is -2.01. The molecule has 1 aromatic rings. The molecular formula is C6H9BrN2O. The molecule has 1 rings (SSSR count). The van der Waals surface area contributed by atoms with E-state index in [1.807, 2.05) is 13.8 Å². The van der Waals surface area contributed by atoms with Crippen molar-refractivity contribution in [1.82, 2.24) is 9.78 Å². The summed E-state index contributed by atoms with van der Waals surface area (Å²) in [6.45, 7) is 3.99. The summed E-state index contributed by atoms with van der Waals surface area (Å²) >= 11 is 3.20. The number of aromatic hydroxyl groups is 1. The molecule has 0 aromatic carbocycles. The van der Waals surface area contributed by atoms with E-state index < -0.39 is 0 Å². The summed E-state index contributed by atoms with van der Waals surface area (Å²) in [7, 11) is 0. The lowest BCUT2D eigenvalue weighted by atomic mass is 10.4. The third kappa shape index (κ3) is 1.16. The molecular weight excluding hydrogens is 196 g/mol. The summed E-state index contributed by atoms with van der Waals surface area (Å²) in [5.41, 5.74) is 0. The van der Waals surface area contributed by atoms with E-state index in [4.69, 9.17) is 5.11 Å². The van der Waals surface area contributed by atoms with Crippen molar-refractivity contribution in [2.75, 3.05) is 0 Å². The molecule has 0 amide bonds. The van der Waals surface area contributed by atoms with Gasteiger partial charge in [-0.2, -0.15) is 5.10 Å². The van der Waals surface area contributed by atoms with Gasteiger partial charge in [0.1, 0.15) is 4.60 Å². The molecule has 0 bridgehead atoms.